The van der Waals surface area contributed by atoms with Gasteiger partial charge in [-0.15, -0.1) is 23.2 Å². The Bertz CT molecular complexity index is 1600. The SMILES string of the molecule is CCOc1cc([C@H]2C3=CC[C@@H]4C(=O)N(c5ccc(C(C)=O)cc5)C(=O)[C@@H]4[C@@H]3C[C@@]3(Cl)C(=O)N(C)C(=O)[C@@]23Cl)ccc1O. The molecule has 2 aromatic carbocycles. The van der Waals surface area contributed by atoms with E-state index in [1.54, 1.807) is 43.3 Å². The molecule has 2 heterocycles. The third-order valence-electron chi connectivity index (χ3n) is 9.16. The normalized spacial score (nSPS) is 32.0. The molecule has 2 aliphatic heterocycles. The van der Waals surface area contributed by atoms with Gasteiger partial charge in [-0.25, -0.2) is 0 Å². The minimum atomic E-state index is -1.93. The van der Waals surface area contributed by atoms with Gasteiger partial charge in [0.2, 0.25) is 11.8 Å². The molecule has 0 aromatic heterocycles. The average molecular weight is 611 g/mol. The van der Waals surface area contributed by atoms with E-state index >= 15 is 0 Å². The number of anilines is 1. The molecule has 2 aliphatic carbocycles. The molecular weight excluding hydrogens is 583 g/mol. The summed E-state index contributed by atoms with van der Waals surface area (Å²) in [5.74, 6) is -5.42. The molecule has 11 heteroatoms. The van der Waals surface area contributed by atoms with E-state index in [1.165, 1.54) is 20.0 Å². The van der Waals surface area contributed by atoms with E-state index < -0.39 is 51.1 Å². The number of benzene rings is 2. The fourth-order valence-corrected chi connectivity index (χ4v) is 8.22. The number of nitrogens with zero attached hydrogens (tertiary/aromatic N) is 2. The average Bonchev–Trinajstić information content (AvgIpc) is 3.29. The lowest BCUT2D eigenvalue weighted by molar-refractivity contribution is -0.138. The maximum absolute atomic E-state index is 14.1. The van der Waals surface area contributed by atoms with Crippen molar-refractivity contribution >= 4 is 58.3 Å². The van der Waals surface area contributed by atoms with Crippen LogP contribution < -0.4 is 9.64 Å². The Morgan fingerprint density at radius 2 is 1.71 bits per heavy atom. The second-order valence-corrected chi connectivity index (χ2v) is 12.5. The van der Waals surface area contributed by atoms with Gasteiger partial charge in [-0.05, 0) is 74.6 Å². The summed E-state index contributed by atoms with van der Waals surface area (Å²) in [5.41, 5.74) is 1.92. The highest BCUT2D eigenvalue weighted by Crippen LogP contribution is 2.65. The summed E-state index contributed by atoms with van der Waals surface area (Å²) in [6.45, 7) is 3.46. The summed E-state index contributed by atoms with van der Waals surface area (Å²) in [4.78, 5) is 65.0. The number of carbonyl (C=O) groups is 5. The smallest absolute Gasteiger partial charge is 0.253 e. The van der Waals surface area contributed by atoms with Crippen molar-refractivity contribution in [2.45, 2.75) is 42.4 Å². The van der Waals surface area contributed by atoms with Crippen molar-refractivity contribution in [1.82, 2.24) is 4.90 Å². The van der Waals surface area contributed by atoms with Crippen molar-refractivity contribution < 1.29 is 33.8 Å². The number of phenols is 1. The molecule has 9 nitrogen and oxygen atoms in total. The molecule has 0 radical (unpaired) electrons. The number of rotatable bonds is 5. The molecule has 6 rings (SSSR count). The fraction of sp³-hybridized carbons (Fsp3) is 0.387. The molecule has 6 atom stereocenters. The summed E-state index contributed by atoms with van der Waals surface area (Å²) in [7, 11) is 1.33. The van der Waals surface area contributed by atoms with Crippen LogP contribution >= 0.6 is 23.2 Å². The van der Waals surface area contributed by atoms with Crippen LogP contribution in [0.2, 0.25) is 0 Å². The minimum absolute atomic E-state index is 0.111. The molecule has 2 aromatic rings. The monoisotopic (exact) mass is 610 g/mol. The zero-order valence-corrected chi connectivity index (χ0v) is 24.6. The maximum atomic E-state index is 14.1. The standard InChI is InChI=1S/C31H28Cl2N2O7/c1-4-42-23-13-17(7-12-22(23)37)25-19-10-11-20-24(21(19)14-30(32)28(40)34(3)29(41)31(25,30)33)27(39)35(26(20)38)18-8-5-16(6-9-18)15(2)36/h5-10,12-13,20-21,24-25,37H,4,11,14H2,1-3H3/t20-,21+,24-,25-,30+,31-/m0/s1. The Labute approximate surface area is 252 Å². The zero-order valence-electron chi connectivity index (χ0n) is 23.1. The van der Waals surface area contributed by atoms with Crippen LogP contribution in [0, 0.1) is 17.8 Å². The number of amides is 4. The molecule has 1 saturated carbocycles. The van der Waals surface area contributed by atoms with Crippen LogP contribution in [0.5, 0.6) is 11.5 Å². The Kier molecular flexibility index (Phi) is 6.55. The van der Waals surface area contributed by atoms with Crippen LogP contribution in [-0.4, -0.2) is 62.8 Å². The van der Waals surface area contributed by atoms with Gasteiger partial charge >= 0.3 is 0 Å². The summed E-state index contributed by atoms with van der Waals surface area (Å²) in [6.07, 6.45) is 1.94. The molecule has 3 fully saturated rings. The van der Waals surface area contributed by atoms with Gasteiger partial charge in [-0.3, -0.25) is 33.8 Å². The number of alkyl halides is 2. The number of likely N-dealkylation sites (tertiary alicyclic amines) is 1. The lowest BCUT2D eigenvalue weighted by Crippen LogP contribution is -2.60. The van der Waals surface area contributed by atoms with Crippen LogP contribution in [0.15, 0.2) is 54.1 Å². The number of allylic oxidation sites excluding steroid dienone is 2. The number of fused-ring (bicyclic) bond motifs is 4. The van der Waals surface area contributed by atoms with Gasteiger partial charge in [0.15, 0.2) is 27.0 Å². The van der Waals surface area contributed by atoms with Crippen LogP contribution in [0.3, 0.4) is 0 Å². The lowest BCUT2D eigenvalue weighted by atomic mass is 9.56. The van der Waals surface area contributed by atoms with Crippen molar-refractivity contribution in [2.24, 2.45) is 17.8 Å². The number of hydrogen-bond acceptors (Lipinski definition) is 7. The van der Waals surface area contributed by atoms with E-state index in [0.29, 0.717) is 22.4 Å². The van der Waals surface area contributed by atoms with Gasteiger partial charge in [0, 0.05) is 18.5 Å². The predicted octanol–water partition coefficient (Wildman–Crippen LogP) is 4.19. The van der Waals surface area contributed by atoms with Crippen molar-refractivity contribution in [3.63, 3.8) is 0 Å². The molecule has 0 spiro atoms. The first-order chi connectivity index (χ1) is 19.9. The van der Waals surface area contributed by atoms with Gasteiger partial charge in [-0.1, -0.05) is 17.7 Å². The van der Waals surface area contributed by atoms with Crippen molar-refractivity contribution in [1.29, 1.82) is 0 Å². The quantitative estimate of drug-likeness (QED) is 0.233. The molecule has 42 heavy (non-hydrogen) atoms. The first-order valence-electron chi connectivity index (χ1n) is 13.7. The molecule has 2 saturated heterocycles. The summed E-state index contributed by atoms with van der Waals surface area (Å²) >= 11 is 14.4. The minimum Gasteiger partial charge on any atom is -0.504 e. The van der Waals surface area contributed by atoms with Gasteiger partial charge < -0.3 is 9.84 Å². The number of aromatic hydroxyl groups is 1. The number of carbonyl (C=O) groups excluding carboxylic acids is 5. The first kappa shape index (κ1) is 28.4. The van der Waals surface area contributed by atoms with Gasteiger partial charge in [-0.2, -0.15) is 0 Å². The molecule has 4 amide bonds. The van der Waals surface area contributed by atoms with Gasteiger partial charge in [0.25, 0.3) is 11.8 Å². The van der Waals surface area contributed by atoms with E-state index in [9.17, 15) is 29.1 Å². The maximum Gasteiger partial charge on any atom is 0.253 e. The highest BCUT2D eigenvalue weighted by Gasteiger charge is 2.75. The zero-order chi connectivity index (χ0) is 30.3. The van der Waals surface area contributed by atoms with Crippen LogP contribution in [0.25, 0.3) is 0 Å². The second kappa shape index (κ2) is 9.67. The fourth-order valence-electron chi connectivity index (χ4n) is 7.20. The third-order valence-corrected chi connectivity index (χ3v) is 10.6. The molecule has 0 unspecified atom stereocenters. The molecule has 0 bridgehead atoms. The predicted molar refractivity (Wildman–Crippen MR) is 154 cm³/mol. The number of imide groups is 2. The van der Waals surface area contributed by atoms with Crippen molar-refractivity contribution in [3.05, 3.63) is 65.2 Å². The van der Waals surface area contributed by atoms with Crippen LogP contribution in [0.4, 0.5) is 5.69 Å². The first-order valence-corrected chi connectivity index (χ1v) is 14.5. The van der Waals surface area contributed by atoms with E-state index in [1.807, 2.05) is 6.08 Å². The number of Topliss-reactive ketones (excluding diaryl/α,β-unsaturated/α-hetero) is 1. The number of phenolic OH excluding ortho intramolecular Hbond substituents is 1. The van der Waals surface area contributed by atoms with E-state index in [0.717, 1.165) is 9.80 Å². The van der Waals surface area contributed by atoms with Crippen molar-refractivity contribution in [2.75, 3.05) is 18.6 Å². The summed E-state index contributed by atoms with van der Waals surface area (Å²) < 4.78 is 5.59. The Hall–Kier alpha value is -3.69. The lowest BCUT2D eigenvalue weighted by Gasteiger charge is -2.50. The Balaban J connectivity index is 1.48. The topological polar surface area (TPSA) is 121 Å². The van der Waals surface area contributed by atoms with Crippen molar-refractivity contribution in [3.8, 4) is 11.5 Å². The van der Waals surface area contributed by atoms with E-state index in [-0.39, 0.29) is 42.6 Å². The van der Waals surface area contributed by atoms with Crippen LogP contribution in [0.1, 0.15) is 48.5 Å². The Morgan fingerprint density at radius 3 is 2.36 bits per heavy atom. The van der Waals surface area contributed by atoms with Gasteiger partial charge in [0.1, 0.15) is 0 Å². The summed E-state index contributed by atoms with van der Waals surface area (Å²) in [6, 6.07) is 10.8. The van der Waals surface area contributed by atoms with Gasteiger partial charge in [0.05, 0.1) is 24.1 Å². The number of ketones is 1. The molecule has 218 valence electrons. The highest BCUT2D eigenvalue weighted by molar-refractivity contribution is 6.53. The summed E-state index contributed by atoms with van der Waals surface area (Å²) in [5, 5.41) is 10.4. The largest absolute Gasteiger partial charge is 0.504 e. The van der Waals surface area contributed by atoms with E-state index in [4.69, 9.17) is 27.9 Å². The Morgan fingerprint density at radius 1 is 1.02 bits per heavy atom. The molecular formula is C31H28Cl2N2O7. The molecule has 4 aliphatic rings. The van der Waals surface area contributed by atoms with Crippen LogP contribution in [-0.2, 0) is 19.2 Å². The number of halogens is 2. The van der Waals surface area contributed by atoms with E-state index in [2.05, 4.69) is 0 Å². The third kappa shape index (κ3) is 3.65. The molecule has 1 N–H and O–H groups in total. The number of ether oxygens (including phenoxy) is 1. The second-order valence-electron chi connectivity index (χ2n) is 11.3. The number of hydrogen-bond donors (Lipinski definition) is 1. The highest BCUT2D eigenvalue weighted by atomic mass is 35.5.